The number of aromatic nitrogens is 1. The van der Waals surface area contributed by atoms with E-state index in [1.54, 1.807) is 55.5 Å². The summed E-state index contributed by atoms with van der Waals surface area (Å²) in [5.41, 5.74) is 3.59. The van der Waals surface area contributed by atoms with Gasteiger partial charge in [0.05, 0.1) is 12.1 Å². The van der Waals surface area contributed by atoms with Gasteiger partial charge in [-0.3, -0.25) is 10.1 Å². The average Bonchev–Trinajstić information content (AvgIpc) is 3.19. The Morgan fingerprint density at radius 3 is 2.29 bits per heavy atom. The van der Waals surface area contributed by atoms with E-state index in [0.717, 1.165) is 17.4 Å². The maximum atomic E-state index is 12.5. The van der Waals surface area contributed by atoms with E-state index in [-0.39, 0.29) is 12.2 Å². The minimum Gasteiger partial charge on any atom is -0.481 e. The predicted molar refractivity (Wildman–Crippen MR) is 131 cm³/mol. The molecule has 35 heavy (non-hydrogen) atoms. The Kier molecular flexibility index (Phi) is 7.03. The summed E-state index contributed by atoms with van der Waals surface area (Å²) in [6, 6.07) is 21.3. The van der Waals surface area contributed by atoms with Gasteiger partial charge in [-0.25, -0.2) is 14.2 Å². The van der Waals surface area contributed by atoms with Crippen LogP contribution in [0.2, 0.25) is 5.02 Å². The molecule has 178 valence electrons. The van der Waals surface area contributed by atoms with E-state index in [9.17, 15) is 14.4 Å². The molecule has 2 N–H and O–H groups in total. The third-order valence-electron chi connectivity index (χ3n) is 5.32. The molecule has 4 aromatic rings. The van der Waals surface area contributed by atoms with E-state index in [1.807, 2.05) is 24.3 Å². The number of oxazole rings is 1. The van der Waals surface area contributed by atoms with E-state index in [1.165, 1.54) is 4.57 Å². The van der Waals surface area contributed by atoms with Crippen molar-refractivity contribution in [3.05, 3.63) is 106 Å². The number of ether oxygens (including phenoxy) is 1. The molecule has 0 aliphatic heterocycles. The molecule has 1 heterocycles. The quantitative estimate of drug-likeness (QED) is 0.343. The van der Waals surface area contributed by atoms with Crippen LogP contribution in [0.15, 0.2) is 88.3 Å². The number of amides is 1. The van der Waals surface area contributed by atoms with Gasteiger partial charge in [-0.1, -0.05) is 66.2 Å². The van der Waals surface area contributed by atoms with Crippen molar-refractivity contribution in [1.29, 1.82) is 0 Å². The highest BCUT2D eigenvalue weighted by atomic mass is 35.5. The molecule has 0 radical (unpaired) electrons. The maximum Gasteiger partial charge on any atom is 0.425 e. The van der Waals surface area contributed by atoms with Crippen LogP contribution in [0.1, 0.15) is 24.2 Å². The Hall–Kier alpha value is -4.30. The fourth-order valence-corrected chi connectivity index (χ4v) is 3.88. The summed E-state index contributed by atoms with van der Waals surface area (Å²) in [7, 11) is 0. The summed E-state index contributed by atoms with van der Waals surface area (Å²) in [5.74, 6) is -1.46. The fraction of sp³-hybridized carbons (Fsp3) is 0.115. The lowest BCUT2D eigenvalue weighted by Crippen LogP contribution is -2.21. The molecule has 0 bridgehead atoms. The highest BCUT2D eigenvalue weighted by Gasteiger charge is 2.18. The summed E-state index contributed by atoms with van der Waals surface area (Å²) in [5, 5.41) is 11.9. The number of hydrogen-bond donors (Lipinski definition) is 2. The first-order valence-electron chi connectivity index (χ1n) is 10.7. The Morgan fingerprint density at radius 2 is 1.66 bits per heavy atom. The highest BCUT2D eigenvalue weighted by molar-refractivity contribution is 6.31. The van der Waals surface area contributed by atoms with Crippen molar-refractivity contribution < 1.29 is 23.8 Å². The minimum absolute atomic E-state index is 0.0436. The second kappa shape index (κ2) is 10.3. The van der Waals surface area contributed by atoms with Crippen molar-refractivity contribution in [1.82, 2.24) is 4.57 Å². The first-order valence-corrected chi connectivity index (χ1v) is 11.0. The standard InChI is InChI=1S/C26H21ClN2O6/c1-16(21-4-2-3-5-22(21)27)35-25(32)28-23-15-34-26(33)29(23)20-12-10-19(11-13-20)18-8-6-17(7-9-18)14-24(30)31/h2-13,15-16H,14H2,1H3,(H,28,32)(H,30,31). The van der Waals surface area contributed by atoms with Gasteiger partial charge in [0, 0.05) is 10.6 Å². The number of nitrogens with one attached hydrogen (secondary N) is 1. The number of carboxylic acids is 1. The SMILES string of the molecule is CC(OC(=O)Nc1coc(=O)n1-c1ccc(-c2ccc(CC(=O)O)cc2)cc1)c1ccccc1Cl. The monoisotopic (exact) mass is 492 g/mol. The first-order chi connectivity index (χ1) is 16.8. The molecule has 0 aliphatic carbocycles. The number of benzene rings is 3. The number of carbonyl (C=O) groups is 2. The molecule has 4 rings (SSSR count). The molecule has 0 spiro atoms. The molecular formula is C26H21ClN2O6. The van der Waals surface area contributed by atoms with Crippen LogP contribution in [-0.2, 0) is 16.0 Å². The minimum atomic E-state index is -0.890. The van der Waals surface area contributed by atoms with Crippen LogP contribution in [0.3, 0.4) is 0 Å². The number of anilines is 1. The van der Waals surface area contributed by atoms with Gasteiger partial charge in [-0.05, 0) is 41.8 Å². The molecular weight excluding hydrogens is 472 g/mol. The zero-order chi connectivity index (χ0) is 24.9. The molecule has 3 aromatic carbocycles. The van der Waals surface area contributed by atoms with Gasteiger partial charge in [0.1, 0.15) is 12.4 Å². The van der Waals surface area contributed by atoms with Crippen LogP contribution in [0, 0.1) is 0 Å². The maximum absolute atomic E-state index is 12.5. The number of carbonyl (C=O) groups excluding carboxylic acids is 1. The van der Waals surface area contributed by atoms with Crippen LogP contribution in [0.5, 0.6) is 0 Å². The van der Waals surface area contributed by atoms with Gasteiger partial charge < -0.3 is 14.3 Å². The molecule has 0 saturated carbocycles. The van der Waals surface area contributed by atoms with Gasteiger partial charge in [-0.15, -0.1) is 0 Å². The number of hydrogen-bond acceptors (Lipinski definition) is 5. The van der Waals surface area contributed by atoms with Gasteiger partial charge in [-0.2, -0.15) is 0 Å². The van der Waals surface area contributed by atoms with Crippen molar-refractivity contribution in [3.8, 4) is 16.8 Å². The lowest BCUT2D eigenvalue weighted by Gasteiger charge is -2.15. The van der Waals surface area contributed by atoms with Crippen molar-refractivity contribution in [2.24, 2.45) is 0 Å². The smallest absolute Gasteiger partial charge is 0.425 e. The number of rotatable bonds is 7. The number of halogens is 1. The zero-order valence-electron chi connectivity index (χ0n) is 18.6. The van der Waals surface area contributed by atoms with Crippen molar-refractivity contribution in [2.45, 2.75) is 19.4 Å². The van der Waals surface area contributed by atoms with Crippen LogP contribution in [0.25, 0.3) is 16.8 Å². The normalized spacial score (nSPS) is 11.6. The van der Waals surface area contributed by atoms with Crippen LogP contribution >= 0.6 is 11.6 Å². The molecule has 1 atom stereocenters. The molecule has 0 fully saturated rings. The Bertz CT molecular complexity index is 1410. The molecule has 1 unspecified atom stereocenters. The van der Waals surface area contributed by atoms with Crippen LogP contribution in [-0.4, -0.2) is 21.7 Å². The zero-order valence-corrected chi connectivity index (χ0v) is 19.4. The highest BCUT2D eigenvalue weighted by Crippen LogP contribution is 2.26. The molecule has 0 aliphatic rings. The third-order valence-corrected chi connectivity index (χ3v) is 5.66. The molecule has 8 nitrogen and oxygen atoms in total. The number of aliphatic carboxylic acids is 1. The Morgan fingerprint density at radius 1 is 1.03 bits per heavy atom. The van der Waals surface area contributed by atoms with E-state index in [4.69, 9.17) is 25.9 Å². The van der Waals surface area contributed by atoms with Gasteiger partial charge in [0.25, 0.3) is 0 Å². The largest absolute Gasteiger partial charge is 0.481 e. The fourth-order valence-electron chi connectivity index (χ4n) is 3.60. The van der Waals surface area contributed by atoms with Crippen molar-refractivity contribution in [2.75, 3.05) is 5.32 Å². The summed E-state index contributed by atoms with van der Waals surface area (Å²) in [4.78, 5) is 35.6. The lowest BCUT2D eigenvalue weighted by molar-refractivity contribution is -0.136. The Balaban J connectivity index is 1.49. The molecule has 1 amide bonds. The second-order valence-electron chi connectivity index (χ2n) is 7.73. The first kappa shape index (κ1) is 23.8. The number of carboxylic acid groups (broad SMARTS) is 1. The summed E-state index contributed by atoms with van der Waals surface area (Å²) in [6.45, 7) is 1.69. The van der Waals surface area contributed by atoms with Gasteiger partial charge >= 0.3 is 17.8 Å². The third kappa shape index (κ3) is 5.62. The van der Waals surface area contributed by atoms with Gasteiger partial charge in [0.15, 0.2) is 5.82 Å². The molecule has 0 saturated heterocycles. The Labute approximate surface area is 205 Å². The summed E-state index contributed by atoms with van der Waals surface area (Å²) >= 11 is 6.16. The van der Waals surface area contributed by atoms with Crippen LogP contribution in [0.4, 0.5) is 10.6 Å². The van der Waals surface area contributed by atoms with Crippen LogP contribution < -0.4 is 11.1 Å². The topological polar surface area (TPSA) is 111 Å². The van der Waals surface area contributed by atoms with E-state index in [2.05, 4.69) is 5.32 Å². The van der Waals surface area contributed by atoms with E-state index < -0.39 is 23.9 Å². The summed E-state index contributed by atoms with van der Waals surface area (Å²) < 4.78 is 11.6. The molecule has 1 aromatic heterocycles. The average molecular weight is 493 g/mol. The van der Waals surface area contributed by atoms with Gasteiger partial charge in [0.2, 0.25) is 0 Å². The number of nitrogens with zero attached hydrogens (tertiary/aromatic N) is 1. The lowest BCUT2D eigenvalue weighted by atomic mass is 10.0. The van der Waals surface area contributed by atoms with Crippen molar-refractivity contribution in [3.63, 3.8) is 0 Å². The van der Waals surface area contributed by atoms with Crippen molar-refractivity contribution >= 4 is 29.5 Å². The summed E-state index contributed by atoms with van der Waals surface area (Å²) in [6.07, 6.45) is -0.293. The van der Waals surface area contributed by atoms with E-state index >= 15 is 0 Å². The van der Waals surface area contributed by atoms with E-state index in [0.29, 0.717) is 21.8 Å². The predicted octanol–water partition coefficient (Wildman–Crippen LogP) is 5.69. The molecule has 9 heteroatoms. The second-order valence-corrected chi connectivity index (χ2v) is 8.14.